The fourth-order valence-electron chi connectivity index (χ4n) is 2.13. The van der Waals surface area contributed by atoms with Gasteiger partial charge in [0.05, 0.1) is 17.9 Å². The molecule has 1 aliphatic rings. The maximum absolute atomic E-state index is 11.5. The summed E-state index contributed by atoms with van der Waals surface area (Å²) >= 11 is 6.13. The Morgan fingerprint density at radius 3 is 2.67 bits per heavy atom. The van der Waals surface area contributed by atoms with Crippen molar-refractivity contribution >= 4 is 23.1 Å². The molecule has 6 heteroatoms. The number of hydrogen-bond acceptors (Lipinski definition) is 4. The van der Waals surface area contributed by atoms with Gasteiger partial charge >= 0.3 is 0 Å². The maximum atomic E-state index is 11.5. The van der Waals surface area contributed by atoms with Gasteiger partial charge in [0.25, 0.3) is 5.91 Å². The molecule has 0 saturated carbocycles. The second-order valence-corrected chi connectivity index (χ2v) is 4.56. The lowest BCUT2D eigenvalue weighted by atomic mass is 9.99. The van der Waals surface area contributed by atoms with E-state index in [2.05, 4.69) is 4.98 Å². The summed E-state index contributed by atoms with van der Waals surface area (Å²) < 4.78 is 5.50. The Balaban J connectivity index is 2.73. The van der Waals surface area contributed by atoms with Gasteiger partial charge in [-0.05, 0) is 13.8 Å². The first-order valence-corrected chi connectivity index (χ1v) is 5.89. The molecule has 96 valence electrons. The summed E-state index contributed by atoms with van der Waals surface area (Å²) in [5, 5.41) is 0.232. The van der Waals surface area contributed by atoms with Crippen LogP contribution in [0.2, 0.25) is 5.15 Å². The molecule has 0 radical (unpaired) electrons. The van der Waals surface area contributed by atoms with Crippen LogP contribution in [0.5, 0.6) is 5.75 Å². The number of halogens is 1. The summed E-state index contributed by atoms with van der Waals surface area (Å²) in [6, 6.07) is 0. The van der Waals surface area contributed by atoms with Gasteiger partial charge in [0.15, 0.2) is 0 Å². The van der Waals surface area contributed by atoms with E-state index >= 15 is 0 Å². The molecule has 1 amide bonds. The number of rotatable bonds is 2. The molecular formula is C12H14ClN3O2. The van der Waals surface area contributed by atoms with Crippen LogP contribution in [0.1, 0.15) is 23.7 Å². The molecule has 5 nitrogen and oxygen atoms in total. The SMILES string of the molecule is C/C(N)=C(/C(N)=O)c1c(Cl)nc2c(c1C)OCC2. The summed E-state index contributed by atoms with van der Waals surface area (Å²) in [7, 11) is 0. The van der Waals surface area contributed by atoms with Crippen LogP contribution >= 0.6 is 11.6 Å². The van der Waals surface area contributed by atoms with Gasteiger partial charge in [-0.25, -0.2) is 4.98 Å². The normalized spacial score (nSPS) is 14.8. The van der Waals surface area contributed by atoms with Gasteiger partial charge in [-0.2, -0.15) is 0 Å². The number of allylic oxidation sites excluding steroid dienone is 1. The highest BCUT2D eigenvalue weighted by Gasteiger charge is 2.25. The molecule has 4 N–H and O–H groups in total. The van der Waals surface area contributed by atoms with E-state index in [9.17, 15) is 4.79 Å². The van der Waals surface area contributed by atoms with Crippen LogP contribution < -0.4 is 16.2 Å². The standard InChI is InChI=1S/C12H14ClN3O2/c1-5-8(9(6(2)14)12(15)17)11(13)16-7-3-4-18-10(5)7/h3-4,14H2,1-2H3,(H2,15,17)/b9-6-. The highest BCUT2D eigenvalue weighted by Crippen LogP contribution is 2.37. The molecular weight excluding hydrogens is 254 g/mol. The minimum atomic E-state index is -0.625. The van der Waals surface area contributed by atoms with E-state index in [0.717, 1.165) is 11.3 Å². The second kappa shape index (κ2) is 4.49. The van der Waals surface area contributed by atoms with Crippen LogP contribution in [0.15, 0.2) is 5.70 Å². The Morgan fingerprint density at radius 2 is 2.11 bits per heavy atom. The average molecular weight is 268 g/mol. The molecule has 0 aromatic carbocycles. The minimum Gasteiger partial charge on any atom is -0.491 e. The molecule has 0 saturated heterocycles. The molecule has 2 heterocycles. The van der Waals surface area contributed by atoms with E-state index in [4.69, 9.17) is 27.8 Å². The summed E-state index contributed by atoms with van der Waals surface area (Å²) in [6.45, 7) is 3.99. The predicted octanol–water partition coefficient (Wildman–Crippen LogP) is 1.15. The van der Waals surface area contributed by atoms with Crippen molar-refractivity contribution in [3.05, 3.63) is 27.7 Å². The zero-order valence-corrected chi connectivity index (χ0v) is 11.0. The second-order valence-electron chi connectivity index (χ2n) is 4.20. The van der Waals surface area contributed by atoms with Gasteiger partial charge < -0.3 is 16.2 Å². The van der Waals surface area contributed by atoms with Crippen LogP contribution in [0, 0.1) is 6.92 Å². The molecule has 1 aromatic heterocycles. The van der Waals surface area contributed by atoms with Crippen molar-refractivity contribution in [1.82, 2.24) is 4.98 Å². The molecule has 0 spiro atoms. The van der Waals surface area contributed by atoms with Crippen LogP contribution in [-0.4, -0.2) is 17.5 Å². The Labute approximate surface area is 110 Å². The lowest BCUT2D eigenvalue weighted by molar-refractivity contribution is -0.112. The largest absolute Gasteiger partial charge is 0.491 e. The highest BCUT2D eigenvalue weighted by atomic mass is 35.5. The fourth-order valence-corrected chi connectivity index (χ4v) is 2.46. The van der Waals surface area contributed by atoms with Crippen molar-refractivity contribution in [2.75, 3.05) is 6.61 Å². The number of carbonyl (C=O) groups is 1. The van der Waals surface area contributed by atoms with Gasteiger partial charge in [-0.3, -0.25) is 4.79 Å². The van der Waals surface area contributed by atoms with E-state index in [0.29, 0.717) is 30.0 Å². The van der Waals surface area contributed by atoms with Crippen LogP contribution in [-0.2, 0) is 11.2 Å². The average Bonchev–Trinajstić information content (AvgIpc) is 2.70. The monoisotopic (exact) mass is 267 g/mol. The lowest BCUT2D eigenvalue weighted by Gasteiger charge is -2.14. The molecule has 1 aromatic rings. The van der Waals surface area contributed by atoms with Crippen molar-refractivity contribution in [2.45, 2.75) is 20.3 Å². The zero-order chi connectivity index (χ0) is 13.4. The Morgan fingerprint density at radius 1 is 1.44 bits per heavy atom. The molecule has 0 fully saturated rings. The van der Waals surface area contributed by atoms with Crippen molar-refractivity contribution in [3.8, 4) is 5.75 Å². The molecule has 0 unspecified atom stereocenters. The summed E-state index contributed by atoms with van der Waals surface area (Å²) in [6.07, 6.45) is 0.716. The summed E-state index contributed by atoms with van der Waals surface area (Å²) in [5.74, 6) is 0.0501. The smallest absolute Gasteiger partial charge is 0.251 e. The predicted molar refractivity (Wildman–Crippen MR) is 69.2 cm³/mol. The molecule has 0 atom stereocenters. The number of aromatic nitrogens is 1. The van der Waals surface area contributed by atoms with Crippen LogP contribution in [0.3, 0.4) is 0 Å². The fraction of sp³-hybridized carbons (Fsp3) is 0.333. The Kier molecular flexibility index (Phi) is 3.17. The number of carbonyl (C=O) groups excluding carboxylic acids is 1. The number of nitrogens with zero attached hydrogens (tertiary/aromatic N) is 1. The van der Waals surface area contributed by atoms with E-state index in [1.807, 2.05) is 6.92 Å². The number of amides is 1. The maximum Gasteiger partial charge on any atom is 0.251 e. The van der Waals surface area contributed by atoms with Crippen molar-refractivity contribution in [2.24, 2.45) is 11.5 Å². The topological polar surface area (TPSA) is 91.2 Å². The minimum absolute atomic E-state index is 0.198. The van der Waals surface area contributed by atoms with Crippen LogP contribution in [0.4, 0.5) is 0 Å². The number of fused-ring (bicyclic) bond motifs is 1. The van der Waals surface area contributed by atoms with E-state index < -0.39 is 5.91 Å². The number of ether oxygens (including phenoxy) is 1. The van der Waals surface area contributed by atoms with Crippen molar-refractivity contribution < 1.29 is 9.53 Å². The number of nitrogens with two attached hydrogens (primary N) is 2. The summed E-state index contributed by atoms with van der Waals surface area (Å²) in [4.78, 5) is 15.7. The Hall–Kier alpha value is -1.75. The molecule has 0 aliphatic carbocycles. The Bertz CT molecular complexity index is 563. The molecule has 1 aliphatic heterocycles. The quantitative estimate of drug-likeness (QED) is 0.621. The molecule has 2 rings (SSSR count). The lowest BCUT2D eigenvalue weighted by Crippen LogP contribution is -2.18. The highest BCUT2D eigenvalue weighted by molar-refractivity contribution is 6.34. The summed E-state index contributed by atoms with van der Waals surface area (Å²) in [5.41, 5.74) is 13.6. The van der Waals surface area contributed by atoms with Gasteiger partial charge in [-0.15, -0.1) is 0 Å². The van der Waals surface area contributed by atoms with Crippen LogP contribution in [0.25, 0.3) is 5.57 Å². The third-order valence-corrected chi connectivity index (χ3v) is 3.17. The van der Waals surface area contributed by atoms with Crippen molar-refractivity contribution in [1.29, 1.82) is 0 Å². The van der Waals surface area contributed by atoms with Gasteiger partial charge in [0.1, 0.15) is 10.9 Å². The number of primary amides is 1. The number of pyridine rings is 1. The van der Waals surface area contributed by atoms with E-state index in [-0.39, 0.29) is 10.7 Å². The van der Waals surface area contributed by atoms with Crippen molar-refractivity contribution in [3.63, 3.8) is 0 Å². The number of hydrogen-bond donors (Lipinski definition) is 2. The first kappa shape index (κ1) is 12.7. The zero-order valence-electron chi connectivity index (χ0n) is 10.2. The third-order valence-electron chi connectivity index (χ3n) is 2.89. The van der Waals surface area contributed by atoms with Gasteiger partial charge in [0, 0.05) is 23.2 Å². The molecule has 0 bridgehead atoms. The first-order chi connectivity index (χ1) is 8.43. The van der Waals surface area contributed by atoms with Gasteiger partial charge in [-0.1, -0.05) is 11.6 Å². The van der Waals surface area contributed by atoms with E-state index in [1.54, 1.807) is 6.92 Å². The third kappa shape index (κ3) is 1.90. The van der Waals surface area contributed by atoms with E-state index in [1.165, 1.54) is 0 Å². The molecule has 18 heavy (non-hydrogen) atoms. The van der Waals surface area contributed by atoms with Gasteiger partial charge in [0.2, 0.25) is 0 Å². The first-order valence-electron chi connectivity index (χ1n) is 5.51.